The van der Waals surface area contributed by atoms with E-state index < -0.39 is 41.5 Å². The van der Waals surface area contributed by atoms with Crippen molar-refractivity contribution in [2.24, 2.45) is 0 Å². The van der Waals surface area contributed by atoms with Crippen LogP contribution < -0.4 is 9.16 Å². The molecule has 0 bridgehead atoms. The Labute approximate surface area is 171 Å². The lowest BCUT2D eigenvalue weighted by atomic mass is 10.2. The van der Waals surface area contributed by atoms with Gasteiger partial charge in [-0.3, -0.25) is 14.4 Å². The maximum atomic E-state index is 11.5. The van der Waals surface area contributed by atoms with Gasteiger partial charge in [0.1, 0.15) is 11.5 Å². The standard InChI is InChI=1S/C18H26O9Si2/c1-6-9-28(5)23-11-16-10-17(7-8-18(16)27-28)22-12-29(24-13(2)19,25-14(3)20)26-15(4)21/h7-8,10H,6,9,11-12H2,1-5H3. The third kappa shape index (κ3) is 6.58. The van der Waals surface area contributed by atoms with Gasteiger partial charge in [-0.15, -0.1) is 0 Å². The van der Waals surface area contributed by atoms with E-state index in [9.17, 15) is 14.4 Å². The van der Waals surface area contributed by atoms with Crippen LogP contribution >= 0.6 is 0 Å². The van der Waals surface area contributed by atoms with Gasteiger partial charge in [-0.25, -0.2) is 0 Å². The summed E-state index contributed by atoms with van der Waals surface area (Å²) in [6.45, 7) is 7.89. The molecule has 1 aromatic carbocycles. The van der Waals surface area contributed by atoms with Crippen LogP contribution in [-0.4, -0.2) is 41.5 Å². The summed E-state index contributed by atoms with van der Waals surface area (Å²) in [7, 11) is -6.28. The Bertz CT molecular complexity index is 742. The minimum atomic E-state index is -4.06. The van der Waals surface area contributed by atoms with Crippen molar-refractivity contribution in [1.82, 2.24) is 0 Å². The second-order valence-corrected chi connectivity index (χ2v) is 12.3. The lowest BCUT2D eigenvalue weighted by molar-refractivity contribution is -0.148. The zero-order valence-electron chi connectivity index (χ0n) is 17.2. The predicted molar refractivity (Wildman–Crippen MR) is 105 cm³/mol. The number of ether oxygens (including phenoxy) is 1. The van der Waals surface area contributed by atoms with E-state index >= 15 is 0 Å². The molecule has 0 radical (unpaired) electrons. The van der Waals surface area contributed by atoms with Crippen LogP contribution in [0.5, 0.6) is 11.5 Å². The summed E-state index contributed by atoms with van der Waals surface area (Å²) in [6, 6.07) is 6.08. The van der Waals surface area contributed by atoms with Crippen LogP contribution in [0, 0.1) is 0 Å². The summed E-state index contributed by atoms with van der Waals surface area (Å²) in [5.74, 6) is -1.12. The molecular weight excluding hydrogens is 416 g/mol. The number of rotatable bonds is 8. The molecule has 1 atom stereocenters. The smallest absolute Gasteiger partial charge is 0.520 e. The monoisotopic (exact) mass is 442 g/mol. The van der Waals surface area contributed by atoms with Crippen LogP contribution in [0.3, 0.4) is 0 Å². The van der Waals surface area contributed by atoms with Gasteiger partial charge < -0.3 is 26.9 Å². The molecule has 0 N–H and O–H groups in total. The molecule has 1 heterocycles. The molecule has 29 heavy (non-hydrogen) atoms. The lowest BCUT2D eigenvalue weighted by Crippen LogP contribution is -2.54. The van der Waals surface area contributed by atoms with Crippen LogP contribution in [-0.2, 0) is 38.7 Å². The average Bonchev–Trinajstić information content (AvgIpc) is 2.58. The number of carbonyl (C=O) groups is 3. The van der Waals surface area contributed by atoms with Gasteiger partial charge in [0.05, 0.1) is 6.61 Å². The Hall–Kier alpha value is -2.38. The Morgan fingerprint density at radius 1 is 1.07 bits per heavy atom. The van der Waals surface area contributed by atoms with Crippen LogP contribution in [0.15, 0.2) is 18.2 Å². The molecule has 0 spiro atoms. The van der Waals surface area contributed by atoms with E-state index in [2.05, 4.69) is 6.92 Å². The van der Waals surface area contributed by atoms with Crippen molar-refractivity contribution in [1.29, 1.82) is 0 Å². The van der Waals surface area contributed by atoms with Crippen molar-refractivity contribution in [3.63, 3.8) is 0 Å². The van der Waals surface area contributed by atoms with Crippen molar-refractivity contribution in [2.75, 3.05) is 6.23 Å². The number of fused-ring (bicyclic) bond motifs is 1. The second kappa shape index (κ2) is 9.41. The molecule has 9 nitrogen and oxygen atoms in total. The van der Waals surface area contributed by atoms with Gasteiger partial charge in [-0.1, -0.05) is 13.3 Å². The number of hydrogen-bond donors (Lipinski definition) is 0. The van der Waals surface area contributed by atoms with E-state index in [1.807, 2.05) is 6.55 Å². The van der Waals surface area contributed by atoms with Crippen molar-refractivity contribution >= 4 is 35.3 Å². The third-order valence-electron chi connectivity index (χ3n) is 3.91. The third-order valence-corrected chi connectivity index (χ3v) is 9.02. The van der Waals surface area contributed by atoms with E-state index in [0.29, 0.717) is 12.4 Å². The highest BCUT2D eigenvalue weighted by molar-refractivity contribution is 6.67. The molecule has 1 aliphatic heterocycles. The van der Waals surface area contributed by atoms with Gasteiger partial charge in [0, 0.05) is 32.4 Å². The molecule has 0 fully saturated rings. The van der Waals surface area contributed by atoms with Crippen molar-refractivity contribution in [2.45, 2.75) is 53.3 Å². The van der Waals surface area contributed by atoms with Crippen LogP contribution in [0.25, 0.3) is 0 Å². The molecule has 0 amide bonds. The molecule has 160 valence electrons. The highest BCUT2D eigenvalue weighted by atomic mass is 28.4. The van der Waals surface area contributed by atoms with Crippen LogP contribution in [0.1, 0.15) is 39.7 Å². The zero-order valence-corrected chi connectivity index (χ0v) is 19.2. The Morgan fingerprint density at radius 2 is 1.66 bits per heavy atom. The van der Waals surface area contributed by atoms with Gasteiger partial charge in [-0.05, 0) is 24.7 Å². The summed E-state index contributed by atoms with van der Waals surface area (Å²) < 4.78 is 33.0. The first-order valence-corrected chi connectivity index (χ1v) is 13.7. The Balaban J connectivity index is 2.17. The van der Waals surface area contributed by atoms with Crippen molar-refractivity contribution < 1.29 is 41.3 Å². The van der Waals surface area contributed by atoms with Crippen LogP contribution in [0.2, 0.25) is 12.6 Å². The molecule has 0 aromatic heterocycles. The molecule has 2 rings (SSSR count). The molecule has 1 aromatic rings. The summed E-state index contributed by atoms with van der Waals surface area (Å²) in [4.78, 5) is 34.5. The summed E-state index contributed by atoms with van der Waals surface area (Å²) in [5.41, 5.74) is 0.809. The van der Waals surface area contributed by atoms with E-state index in [4.69, 9.17) is 26.9 Å². The van der Waals surface area contributed by atoms with E-state index in [0.717, 1.165) is 44.5 Å². The minimum Gasteiger partial charge on any atom is -0.520 e. The Morgan fingerprint density at radius 3 is 2.17 bits per heavy atom. The maximum absolute atomic E-state index is 11.5. The molecule has 0 aliphatic carbocycles. The molecule has 0 saturated carbocycles. The highest BCUT2D eigenvalue weighted by Gasteiger charge is 2.53. The van der Waals surface area contributed by atoms with Crippen molar-refractivity contribution in [3.05, 3.63) is 23.8 Å². The second-order valence-electron chi connectivity index (χ2n) is 6.80. The average molecular weight is 443 g/mol. The Kier molecular flexibility index (Phi) is 7.44. The number of benzene rings is 1. The quantitative estimate of drug-likeness (QED) is 0.561. The first kappa shape index (κ1) is 22.9. The molecule has 0 saturated heterocycles. The normalized spacial score (nSPS) is 18.1. The lowest BCUT2D eigenvalue weighted by Gasteiger charge is -2.33. The van der Waals surface area contributed by atoms with Gasteiger partial charge >= 0.3 is 17.4 Å². The van der Waals surface area contributed by atoms with Gasteiger partial charge in [0.15, 0.2) is 6.23 Å². The molecular formula is C18H26O9Si2. The molecule has 1 aliphatic rings. The topological polar surface area (TPSA) is 107 Å². The molecule has 1 unspecified atom stereocenters. The van der Waals surface area contributed by atoms with E-state index in [-0.39, 0.29) is 0 Å². The largest absolute Gasteiger partial charge is 0.745 e. The molecule has 11 heteroatoms. The first-order chi connectivity index (χ1) is 13.6. The first-order valence-electron chi connectivity index (χ1n) is 9.24. The summed E-state index contributed by atoms with van der Waals surface area (Å²) >= 11 is 0. The highest BCUT2D eigenvalue weighted by Crippen LogP contribution is 2.34. The predicted octanol–water partition coefficient (Wildman–Crippen LogP) is 2.62. The van der Waals surface area contributed by atoms with Crippen molar-refractivity contribution in [3.8, 4) is 11.5 Å². The summed E-state index contributed by atoms with van der Waals surface area (Å²) in [6.07, 6.45) is 0.572. The SMILES string of the molecule is CCC[Si]1(C)OCc2cc(OC[Si](OC(C)=O)(OC(C)=O)OC(C)=O)ccc2O1. The van der Waals surface area contributed by atoms with E-state index in [1.165, 1.54) is 0 Å². The fourth-order valence-electron chi connectivity index (χ4n) is 2.91. The number of carbonyl (C=O) groups excluding carboxylic acids is 3. The van der Waals surface area contributed by atoms with Gasteiger partial charge in [0.25, 0.3) is 17.9 Å². The zero-order chi connectivity index (χ0) is 21.7. The number of hydrogen-bond acceptors (Lipinski definition) is 9. The maximum Gasteiger partial charge on any atom is 0.745 e. The van der Waals surface area contributed by atoms with E-state index in [1.54, 1.807) is 18.2 Å². The minimum absolute atomic E-state index is 0.398. The fraction of sp³-hybridized carbons (Fsp3) is 0.500. The fourth-order valence-corrected chi connectivity index (χ4v) is 7.21. The van der Waals surface area contributed by atoms with Crippen LogP contribution in [0.4, 0.5) is 0 Å². The summed E-state index contributed by atoms with van der Waals surface area (Å²) in [5, 5.41) is 0. The van der Waals surface area contributed by atoms with Gasteiger partial charge in [0.2, 0.25) is 0 Å². The van der Waals surface area contributed by atoms with Gasteiger partial charge in [-0.2, -0.15) is 0 Å².